The number of halogens is 2. The van der Waals surface area contributed by atoms with Gasteiger partial charge in [-0.25, -0.2) is 18.4 Å². The standard InChI is InChI=1S/C38H50F2N2O5/c1-8-10-11-12-13-22-42(25-27-16-20-31(21-17-27)47-38(6,7)35(43)45-9-2)36(44)41-34-32(40)23-30(39)24-33(34)46-26-28-14-18-29(19-15-28)37(3,4)5/h14-21,23-24H,8-13,22,25-26H2,1-7H3,(H,41,44). The predicted octanol–water partition coefficient (Wildman–Crippen LogP) is 9.57. The van der Waals surface area contributed by atoms with Gasteiger partial charge in [0.2, 0.25) is 0 Å². The second kappa shape index (κ2) is 17.1. The molecule has 0 fully saturated rings. The Balaban J connectivity index is 1.77. The number of carbonyl (C=O) groups is 2. The zero-order valence-electron chi connectivity index (χ0n) is 28.9. The third-order valence-electron chi connectivity index (χ3n) is 7.72. The molecular weight excluding hydrogens is 602 g/mol. The molecule has 0 saturated carbocycles. The average Bonchev–Trinajstić information content (AvgIpc) is 3.01. The van der Waals surface area contributed by atoms with Crippen LogP contribution in [0.25, 0.3) is 0 Å². The van der Waals surface area contributed by atoms with Gasteiger partial charge in [-0.2, -0.15) is 0 Å². The Hall–Kier alpha value is -4.14. The van der Waals surface area contributed by atoms with Gasteiger partial charge in [-0.1, -0.05) is 89.8 Å². The molecule has 0 aliphatic carbocycles. The molecule has 0 radical (unpaired) electrons. The molecule has 256 valence electrons. The lowest BCUT2D eigenvalue weighted by atomic mass is 9.87. The fraction of sp³-hybridized carbons (Fsp3) is 0.474. The lowest BCUT2D eigenvalue weighted by Gasteiger charge is -2.25. The molecule has 3 aromatic carbocycles. The summed E-state index contributed by atoms with van der Waals surface area (Å²) in [6, 6.07) is 16.2. The van der Waals surface area contributed by atoms with Crippen molar-refractivity contribution in [3.8, 4) is 11.5 Å². The summed E-state index contributed by atoms with van der Waals surface area (Å²) in [4.78, 5) is 27.5. The maximum Gasteiger partial charge on any atom is 0.349 e. The molecule has 0 spiro atoms. The lowest BCUT2D eigenvalue weighted by Crippen LogP contribution is -2.39. The van der Waals surface area contributed by atoms with Crippen molar-refractivity contribution in [2.45, 2.75) is 105 Å². The summed E-state index contributed by atoms with van der Waals surface area (Å²) < 4.78 is 46.3. The number of unbranched alkanes of at least 4 members (excludes halogenated alkanes) is 4. The number of amides is 2. The monoisotopic (exact) mass is 652 g/mol. The van der Waals surface area contributed by atoms with Crippen LogP contribution in [-0.2, 0) is 28.1 Å². The van der Waals surface area contributed by atoms with Crippen molar-refractivity contribution in [2.24, 2.45) is 0 Å². The van der Waals surface area contributed by atoms with E-state index in [9.17, 15) is 14.0 Å². The van der Waals surface area contributed by atoms with Gasteiger partial charge in [0.1, 0.15) is 29.6 Å². The van der Waals surface area contributed by atoms with Crippen molar-refractivity contribution in [3.05, 3.63) is 89.0 Å². The molecule has 0 aliphatic heterocycles. The normalized spacial score (nSPS) is 11.6. The summed E-state index contributed by atoms with van der Waals surface area (Å²) in [5.74, 6) is -1.82. The van der Waals surface area contributed by atoms with Crippen molar-refractivity contribution < 1.29 is 32.6 Å². The Labute approximate surface area is 278 Å². The minimum Gasteiger partial charge on any atom is -0.487 e. The fourth-order valence-electron chi connectivity index (χ4n) is 4.92. The average molecular weight is 653 g/mol. The van der Waals surface area contributed by atoms with Crippen LogP contribution in [0.4, 0.5) is 19.3 Å². The van der Waals surface area contributed by atoms with Crippen LogP contribution in [0.2, 0.25) is 0 Å². The van der Waals surface area contributed by atoms with Gasteiger partial charge in [0.05, 0.1) is 6.61 Å². The summed E-state index contributed by atoms with van der Waals surface area (Å²) >= 11 is 0. The molecule has 47 heavy (non-hydrogen) atoms. The van der Waals surface area contributed by atoms with E-state index in [4.69, 9.17) is 14.2 Å². The topological polar surface area (TPSA) is 77.1 Å². The molecule has 0 bridgehead atoms. The third-order valence-corrected chi connectivity index (χ3v) is 7.72. The summed E-state index contributed by atoms with van der Waals surface area (Å²) in [7, 11) is 0. The third kappa shape index (κ3) is 11.6. The van der Waals surface area contributed by atoms with E-state index in [2.05, 4.69) is 33.0 Å². The number of ether oxygens (including phenoxy) is 3. The van der Waals surface area contributed by atoms with Crippen LogP contribution in [-0.4, -0.2) is 35.7 Å². The maximum absolute atomic E-state index is 15.1. The second-order valence-corrected chi connectivity index (χ2v) is 13.2. The first-order valence-corrected chi connectivity index (χ1v) is 16.5. The lowest BCUT2D eigenvalue weighted by molar-refractivity contribution is -0.158. The highest BCUT2D eigenvalue weighted by molar-refractivity contribution is 5.91. The number of urea groups is 1. The molecule has 0 saturated heterocycles. The van der Waals surface area contributed by atoms with E-state index in [0.29, 0.717) is 12.3 Å². The highest BCUT2D eigenvalue weighted by Crippen LogP contribution is 2.31. The van der Waals surface area contributed by atoms with Crippen LogP contribution < -0.4 is 14.8 Å². The Morgan fingerprint density at radius 1 is 0.830 bits per heavy atom. The Morgan fingerprint density at radius 3 is 2.09 bits per heavy atom. The van der Waals surface area contributed by atoms with Gasteiger partial charge in [0, 0.05) is 25.2 Å². The highest BCUT2D eigenvalue weighted by Gasteiger charge is 2.31. The number of nitrogens with one attached hydrogen (secondary N) is 1. The number of anilines is 1. The number of rotatable bonds is 16. The van der Waals surface area contributed by atoms with Gasteiger partial charge in [-0.05, 0) is 61.4 Å². The van der Waals surface area contributed by atoms with Gasteiger partial charge in [-0.15, -0.1) is 0 Å². The number of esters is 1. The van der Waals surface area contributed by atoms with Crippen molar-refractivity contribution >= 4 is 17.7 Å². The van der Waals surface area contributed by atoms with Crippen molar-refractivity contribution in [3.63, 3.8) is 0 Å². The smallest absolute Gasteiger partial charge is 0.349 e. The van der Waals surface area contributed by atoms with Crippen LogP contribution in [0, 0.1) is 11.6 Å². The molecule has 3 rings (SSSR count). The van der Waals surface area contributed by atoms with Crippen LogP contribution in [0.3, 0.4) is 0 Å². The van der Waals surface area contributed by atoms with Gasteiger partial charge >= 0.3 is 12.0 Å². The van der Waals surface area contributed by atoms with Crippen molar-refractivity contribution in [2.75, 3.05) is 18.5 Å². The Kier molecular flexibility index (Phi) is 13.6. The predicted molar refractivity (Wildman–Crippen MR) is 182 cm³/mol. The SMILES string of the molecule is CCCCCCCN(Cc1ccc(OC(C)(C)C(=O)OCC)cc1)C(=O)Nc1c(F)cc(F)cc1OCc1ccc(C(C)(C)C)cc1. The number of hydrogen-bond acceptors (Lipinski definition) is 5. The van der Waals surface area contributed by atoms with E-state index < -0.39 is 29.2 Å². The largest absolute Gasteiger partial charge is 0.487 e. The number of benzene rings is 3. The molecule has 0 atom stereocenters. The molecule has 7 nitrogen and oxygen atoms in total. The summed E-state index contributed by atoms with van der Waals surface area (Å²) in [6.07, 6.45) is 4.97. The van der Waals surface area contributed by atoms with E-state index in [0.717, 1.165) is 60.9 Å². The van der Waals surface area contributed by atoms with Gasteiger partial charge < -0.3 is 24.4 Å². The van der Waals surface area contributed by atoms with Crippen molar-refractivity contribution in [1.82, 2.24) is 4.90 Å². The molecule has 0 unspecified atom stereocenters. The van der Waals surface area contributed by atoms with E-state index >= 15 is 4.39 Å². The first-order chi connectivity index (χ1) is 22.2. The zero-order valence-corrected chi connectivity index (χ0v) is 28.9. The number of hydrogen-bond donors (Lipinski definition) is 1. The van der Waals surface area contributed by atoms with E-state index in [1.54, 1.807) is 37.8 Å². The molecule has 1 N–H and O–H groups in total. The Bertz CT molecular complexity index is 1450. The summed E-state index contributed by atoms with van der Waals surface area (Å²) in [6.45, 7) is 14.5. The van der Waals surface area contributed by atoms with Crippen LogP contribution >= 0.6 is 0 Å². The molecular formula is C38H50F2N2O5. The van der Waals surface area contributed by atoms with Crippen LogP contribution in [0.15, 0.2) is 60.7 Å². The fourth-order valence-corrected chi connectivity index (χ4v) is 4.92. The van der Waals surface area contributed by atoms with Crippen LogP contribution in [0.5, 0.6) is 11.5 Å². The summed E-state index contributed by atoms with van der Waals surface area (Å²) in [5, 5.41) is 2.65. The molecule has 0 heterocycles. The van der Waals surface area contributed by atoms with Gasteiger partial charge in [-0.3, -0.25) is 0 Å². The number of nitrogens with zero attached hydrogens (tertiary/aromatic N) is 1. The molecule has 9 heteroatoms. The van der Waals surface area contributed by atoms with E-state index in [-0.39, 0.29) is 36.6 Å². The van der Waals surface area contributed by atoms with E-state index in [1.807, 2.05) is 36.4 Å². The van der Waals surface area contributed by atoms with Crippen LogP contribution in [0.1, 0.15) is 97.3 Å². The van der Waals surface area contributed by atoms with Crippen molar-refractivity contribution in [1.29, 1.82) is 0 Å². The first-order valence-electron chi connectivity index (χ1n) is 16.5. The molecule has 3 aromatic rings. The zero-order chi connectivity index (χ0) is 34.6. The van der Waals surface area contributed by atoms with Gasteiger partial charge in [0.15, 0.2) is 11.4 Å². The highest BCUT2D eigenvalue weighted by atomic mass is 19.1. The quantitative estimate of drug-likeness (QED) is 0.123. The second-order valence-electron chi connectivity index (χ2n) is 13.2. The molecule has 0 aromatic heterocycles. The molecule has 2 amide bonds. The molecule has 0 aliphatic rings. The summed E-state index contributed by atoms with van der Waals surface area (Å²) in [5.41, 5.74) is 1.39. The Morgan fingerprint density at radius 2 is 1.47 bits per heavy atom. The first kappa shape index (κ1) is 37.3. The minimum atomic E-state index is -1.17. The maximum atomic E-state index is 15.1. The van der Waals surface area contributed by atoms with Gasteiger partial charge in [0.25, 0.3) is 0 Å². The van der Waals surface area contributed by atoms with E-state index in [1.165, 1.54) is 0 Å². The minimum absolute atomic E-state index is 0.0127. The number of carbonyl (C=O) groups excluding carboxylic acids is 2.